The van der Waals surface area contributed by atoms with Gasteiger partial charge in [-0.25, -0.2) is 0 Å². The van der Waals surface area contributed by atoms with Crippen LogP contribution in [0.1, 0.15) is 155 Å². The van der Waals surface area contributed by atoms with E-state index < -0.39 is 0 Å². The lowest BCUT2D eigenvalue weighted by atomic mass is 10.1. The predicted molar refractivity (Wildman–Crippen MR) is 145 cm³/mol. The molecule has 0 saturated heterocycles. The van der Waals surface area contributed by atoms with Gasteiger partial charge in [-0.15, -0.1) is 0 Å². The average Bonchev–Trinajstić information content (AvgIpc) is 2.83. The highest BCUT2D eigenvalue weighted by Crippen LogP contribution is 2.17. The summed E-state index contributed by atoms with van der Waals surface area (Å²) in [6.07, 6.45) is 29.4. The highest BCUT2D eigenvalue weighted by molar-refractivity contribution is 5.80. The minimum Gasteiger partial charge on any atom is -0.328 e. The number of hydrogen-bond acceptors (Lipinski definition) is 2. The van der Waals surface area contributed by atoms with Crippen molar-refractivity contribution in [3.8, 4) is 0 Å². The van der Waals surface area contributed by atoms with Crippen LogP contribution in [0.5, 0.6) is 0 Å². The van der Waals surface area contributed by atoms with Gasteiger partial charge in [0.1, 0.15) is 0 Å². The maximum absolute atomic E-state index is 12.4. The molecule has 1 aliphatic rings. The van der Waals surface area contributed by atoms with Crippen molar-refractivity contribution in [2.24, 2.45) is 0 Å². The van der Waals surface area contributed by atoms with Gasteiger partial charge in [-0.3, -0.25) is 9.59 Å². The van der Waals surface area contributed by atoms with Crippen molar-refractivity contribution >= 4 is 11.8 Å². The SMILES string of the molecule is CCCCCCCCCCCC(=O)NC1=C(NC(=O)CCCCCCCCCCC)CCC=C1. The van der Waals surface area contributed by atoms with E-state index in [0.29, 0.717) is 12.8 Å². The van der Waals surface area contributed by atoms with Gasteiger partial charge in [-0.1, -0.05) is 123 Å². The average molecular weight is 475 g/mol. The molecular weight excluding hydrogens is 420 g/mol. The largest absolute Gasteiger partial charge is 0.328 e. The van der Waals surface area contributed by atoms with Crippen molar-refractivity contribution in [1.82, 2.24) is 10.6 Å². The zero-order valence-corrected chi connectivity index (χ0v) is 22.5. The number of amides is 2. The Bertz CT molecular complexity index is 595. The summed E-state index contributed by atoms with van der Waals surface area (Å²) in [5.74, 6) is 0.147. The molecule has 0 saturated carbocycles. The van der Waals surface area contributed by atoms with Gasteiger partial charge in [0.05, 0.1) is 5.70 Å². The zero-order chi connectivity index (χ0) is 24.7. The molecule has 0 spiro atoms. The smallest absolute Gasteiger partial charge is 0.224 e. The lowest BCUT2D eigenvalue weighted by molar-refractivity contribution is -0.121. The summed E-state index contributed by atoms with van der Waals surface area (Å²) >= 11 is 0. The first-order valence-electron chi connectivity index (χ1n) is 14.7. The van der Waals surface area contributed by atoms with E-state index in [1.54, 1.807) is 0 Å². The molecule has 0 fully saturated rings. The number of unbranched alkanes of at least 4 members (excludes halogenated alkanes) is 16. The molecule has 34 heavy (non-hydrogen) atoms. The van der Waals surface area contributed by atoms with Crippen molar-refractivity contribution in [3.05, 3.63) is 23.5 Å². The van der Waals surface area contributed by atoms with Gasteiger partial charge in [-0.2, -0.15) is 0 Å². The Kier molecular flexibility index (Phi) is 19.6. The van der Waals surface area contributed by atoms with Crippen molar-refractivity contribution in [3.63, 3.8) is 0 Å². The Labute approximate surface area is 210 Å². The molecule has 0 aromatic rings. The van der Waals surface area contributed by atoms with Crippen LogP contribution in [0.2, 0.25) is 0 Å². The molecule has 1 aliphatic carbocycles. The molecule has 0 radical (unpaired) electrons. The molecule has 0 bridgehead atoms. The van der Waals surface area contributed by atoms with Gasteiger partial charge in [-0.05, 0) is 31.8 Å². The molecule has 2 amide bonds. The molecule has 0 atom stereocenters. The van der Waals surface area contributed by atoms with Crippen LogP contribution >= 0.6 is 0 Å². The number of carbonyl (C=O) groups excluding carboxylic acids is 2. The minimum absolute atomic E-state index is 0.0650. The molecule has 0 aliphatic heterocycles. The number of carbonyl (C=O) groups is 2. The molecule has 0 aromatic carbocycles. The van der Waals surface area contributed by atoms with E-state index in [1.165, 1.54) is 89.9 Å². The van der Waals surface area contributed by atoms with Crippen molar-refractivity contribution < 1.29 is 9.59 Å². The monoisotopic (exact) mass is 474 g/mol. The first kappa shape index (κ1) is 30.5. The highest BCUT2D eigenvalue weighted by Gasteiger charge is 2.14. The molecule has 4 heteroatoms. The summed E-state index contributed by atoms with van der Waals surface area (Å²) in [4.78, 5) is 24.8. The van der Waals surface area contributed by atoms with E-state index in [0.717, 1.165) is 49.9 Å². The van der Waals surface area contributed by atoms with Gasteiger partial charge in [0.2, 0.25) is 11.8 Å². The van der Waals surface area contributed by atoms with Gasteiger partial charge in [0.25, 0.3) is 0 Å². The molecule has 0 unspecified atom stereocenters. The number of hydrogen-bond donors (Lipinski definition) is 2. The lowest BCUT2D eigenvalue weighted by Gasteiger charge is -2.18. The minimum atomic E-state index is 0.0650. The Morgan fingerprint density at radius 3 is 1.50 bits per heavy atom. The van der Waals surface area contributed by atoms with Gasteiger partial charge >= 0.3 is 0 Å². The second-order valence-electron chi connectivity index (χ2n) is 10.1. The fourth-order valence-corrected chi connectivity index (χ4v) is 4.55. The summed E-state index contributed by atoms with van der Waals surface area (Å²) in [7, 11) is 0. The van der Waals surface area contributed by atoms with E-state index in [1.807, 2.05) is 6.08 Å². The van der Waals surface area contributed by atoms with E-state index in [4.69, 9.17) is 0 Å². The lowest BCUT2D eigenvalue weighted by Crippen LogP contribution is -2.30. The van der Waals surface area contributed by atoms with E-state index in [9.17, 15) is 9.59 Å². The molecular formula is C30H54N2O2. The maximum atomic E-state index is 12.4. The Morgan fingerprint density at radius 2 is 1.03 bits per heavy atom. The summed E-state index contributed by atoms with van der Waals surface area (Å²) in [5.41, 5.74) is 1.66. The third-order valence-corrected chi connectivity index (χ3v) is 6.75. The number of nitrogens with one attached hydrogen (secondary N) is 2. The quantitative estimate of drug-likeness (QED) is 0.154. The van der Waals surface area contributed by atoms with Crippen molar-refractivity contribution in [2.45, 2.75) is 155 Å². The first-order valence-corrected chi connectivity index (χ1v) is 14.7. The van der Waals surface area contributed by atoms with Crippen LogP contribution in [0.3, 0.4) is 0 Å². The molecule has 1 rings (SSSR count). The normalized spacial score (nSPS) is 13.4. The van der Waals surface area contributed by atoms with Crippen molar-refractivity contribution in [2.75, 3.05) is 0 Å². The molecule has 196 valence electrons. The standard InChI is InChI=1S/C30H54N2O2/c1-3-5-7-9-11-13-15-17-19-25-29(33)31-27-23-21-22-24-28(27)32-30(34)26-20-18-16-14-12-10-8-6-4-2/h21,23H,3-20,22,24-26H2,1-2H3,(H,31,33)(H,32,34). The highest BCUT2D eigenvalue weighted by atomic mass is 16.2. The van der Waals surface area contributed by atoms with Crippen LogP contribution in [0.25, 0.3) is 0 Å². The van der Waals surface area contributed by atoms with Crippen LogP contribution in [0, 0.1) is 0 Å². The van der Waals surface area contributed by atoms with Gasteiger partial charge in [0, 0.05) is 18.5 Å². The van der Waals surface area contributed by atoms with Crippen LogP contribution in [0.15, 0.2) is 23.5 Å². The third-order valence-electron chi connectivity index (χ3n) is 6.75. The number of rotatable bonds is 22. The molecule has 4 nitrogen and oxygen atoms in total. The molecule has 0 heterocycles. The van der Waals surface area contributed by atoms with Crippen molar-refractivity contribution in [1.29, 1.82) is 0 Å². The van der Waals surface area contributed by atoms with E-state index >= 15 is 0 Å². The van der Waals surface area contributed by atoms with E-state index in [-0.39, 0.29) is 11.8 Å². The Hall–Kier alpha value is -1.58. The summed E-state index contributed by atoms with van der Waals surface area (Å²) in [5, 5.41) is 6.12. The maximum Gasteiger partial charge on any atom is 0.224 e. The summed E-state index contributed by atoms with van der Waals surface area (Å²) < 4.78 is 0. The second-order valence-corrected chi connectivity index (χ2v) is 10.1. The van der Waals surface area contributed by atoms with Gasteiger partial charge in [0.15, 0.2) is 0 Å². The van der Waals surface area contributed by atoms with Crippen LogP contribution in [-0.2, 0) is 9.59 Å². The fraction of sp³-hybridized carbons (Fsp3) is 0.800. The van der Waals surface area contributed by atoms with Gasteiger partial charge < -0.3 is 10.6 Å². The second kappa shape index (κ2) is 21.9. The van der Waals surface area contributed by atoms with Crippen LogP contribution < -0.4 is 10.6 Å². The Morgan fingerprint density at radius 1 is 0.618 bits per heavy atom. The summed E-state index contributed by atoms with van der Waals surface area (Å²) in [6, 6.07) is 0. The zero-order valence-electron chi connectivity index (χ0n) is 22.5. The first-order chi connectivity index (χ1) is 16.7. The van der Waals surface area contributed by atoms with Crippen LogP contribution in [-0.4, -0.2) is 11.8 Å². The van der Waals surface area contributed by atoms with E-state index in [2.05, 4.69) is 30.6 Å². The molecule has 0 aromatic heterocycles. The topological polar surface area (TPSA) is 58.2 Å². The number of allylic oxidation sites excluding steroid dienone is 3. The summed E-state index contributed by atoms with van der Waals surface area (Å²) in [6.45, 7) is 4.50. The molecule has 2 N–H and O–H groups in total. The Balaban J connectivity index is 2.18. The fourth-order valence-electron chi connectivity index (χ4n) is 4.55. The third kappa shape index (κ3) is 16.9. The van der Waals surface area contributed by atoms with Crippen LogP contribution in [0.4, 0.5) is 0 Å². The predicted octanol–water partition coefficient (Wildman–Crippen LogP) is 8.62.